The summed E-state index contributed by atoms with van der Waals surface area (Å²) in [5.41, 5.74) is 7.02. The van der Waals surface area contributed by atoms with Gasteiger partial charge < -0.3 is 20.9 Å². The van der Waals surface area contributed by atoms with Crippen LogP contribution in [0.15, 0.2) is 34.4 Å². The van der Waals surface area contributed by atoms with Crippen LogP contribution >= 0.6 is 23.7 Å². The number of aromatic nitrogens is 1. The maximum Gasteiger partial charge on any atom is 0.307 e. The van der Waals surface area contributed by atoms with Crippen LogP contribution in [-0.2, 0) is 11.3 Å². The molecular formula is C16H21ClN4O3S. The number of benzene rings is 1. The van der Waals surface area contributed by atoms with Crippen molar-refractivity contribution >= 4 is 41.2 Å². The highest BCUT2D eigenvalue weighted by atomic mass is 35.5. The van der Waals surface area contributed by atoms with Gasteiger partial charge in [-0.05, 0) is 19.1 Å². The third kappa shape index (κ3) is 5.70. The summed E-state index contributed by atoms with van der Waals surface area (Å²) in [7, 11) is 0. The number of thiazole rings is 1. The van der Waals surface area contributed by atoms with E-state index in [2.05, 4.69) is 10.6 Å². The minimum atomic E-state index is -0.291. The standard InChI is InChI=1S/C16H20N4O3S.ClH/c1-11-10-24-16(23)20(11)9-6-14(21)19-13-5-3-2-4-12(13)15(22)18-8-7-17;/h2-5,10H,6-9,17H2,1H3,(H,18,22)(H,19,21);1H. The van der Waals surface area contributed by atoms with E-state index in [0.29, 0.717) is 30.9 Å². The van der Waals surface area contributed by atoms with Crippen molar-refractivity contribution in [3.63, 3.8) is 0 Å². The average Bonchev–Trinajstić information content (AvgIpc) is 2.89. The van der Waals surface area contributed by atoms with Gasteiger partial charge in [-0.15, -0.1) is 12.4 Å². The number of para-hydroxylation sites is 1. The fraction of sp³-hybridized carbons (Fsp3) is 0.312. The minimum absolute atomic E-state index is 0. The maximum absolute atomic E-state index is 12.1. The SMILES string of the molecule is Cc1csc(=O)n1CCC(=O)Nc1ccccc1C(=O)NCCN.Cl. The van der Waals surface area contributed by atoms with E-state index >= 15 is 0 Å². The van der Waals surface area contributed by atoms with Crippen LogP contribution in [0.2, 0.25) is 0 Å². The molecule has 0 unspecified atom stereocenters. The lowest BCUT2D eigenvalue weighted by Crippen LogP contribution is -2.30. The van der Waals surface area contributed by atoms with Gasteiger partial charge in [0.1, 0.15) is 0 Å². The van der Waals surface area contributed by atoms with E-state index in [4.69, 9.17) is 5.73 Å². The topological polar surface area (TPSA) is 106 Å². The van der Waals surface area contributed by atoms with Crippen molar-refractivity contribution in [3.8, 4) is 0 Å². The van der Waals surface area contributed by atoms with Crippen LogP contribution < -0.4 is 21.2 Å². The fourth-order valence-electron chi connectivity index (χ4n) is 2.17. The van der Waals surface area contributed by atoms with Crippen molar-refractivity contribution < 1.29 is 9.59 Å². The molecule has 0 saturated carbocycles. The summed E-state index contributed by atoms with van der Waals surface area (Å²) >= 11 is 1.11. The monoisotopic (exact) mass is 384 g/mol. The van der Waals surface area contributed by atoms with Gasteiger partial charge in [-0.25, -0.2) is 0 Å². The Morgan fingerprint density at radius 2 is 2.00 bits per heavy atom. The summed E-state index contributed by atoms with van der Waals surface area (Å²) in [5.74, 6) is -0.548. The van der Waals surface area contributed by atoms with Crippen LogP contribution in [-0.4, -0.2) is 29.5 Å². The Balaban J connectivity index is 0.00000312. The molecule has 7 nitrogen and oxygen atoms in total. The second-order valence-electron chi connectivity index (χ2n) is 5.18. The second kappa shape index (κ2) is 9.97. The summed E-state index contributed by atoms with van der Waals surface area (Å²) in [6, 6.07) is 6.76. The lowest BCUT2D eigenvalue weighted by Gasteiger charge is -2.11. The second-order valence-corrected chi connectivity index (χ2v) is 6.00. The van der Waals surface area contributed by atoms with Crippen molar-refractivity contribution in [3.05, 3.63) is 50.6 Å². The molecule has 9 heteroatoms. The first-order chi connectivity index (χ1) is 11.5. The van der Waals surface area contributed by atoms with Gasteiger partial charge in [0.25, 0.3) is 5.91 Å². The zero-order chi connectivity index (χ0) is 17.5. The van der Waals surface area contributed by atoms with Crippen molar-refractivity contribution in [2.45, 2.75) is 19.9 Å². The molecule has 4 N–H and O–H groups in total. The van der Waals surface area contributed by atoms with Crippen LogP contribution in [0.5, 0.6) is 0 Å². The molecule has 1 aromatic heterocycles. The Morgan fingerprint density at radius 3 is 2.64 bits per heavy atom. The molecule has 2 aromatic rings. The van der Waals surface area contributed by atoms with Gasteiger partial charge in [0.15, 0.2) is 0 Å². The number of hydrogen-bond acceptors (Lipinski definition) is 5. The fourth-order valence-corrected chi connectivity index (χ4v) is 2.93. The summed E-state index contributed by atoms with van der Waals surface area (Å²) in [6.07, 6.45) is 0.149. The first-order valence-corrected chi connectivity index (χ1v) is 8.43. The Bertz CT molecular complexity index is 788. The molecule has 2 amide bonds. The van der Waals surface area contributed by atoms with Gasteiger partial charge in [0.05, 0.1) is 11.3 Å². The third-order valence-electron chi connectivity index (χ3n) is 3.41. The molecule has 136 valence electrons. The number of carbonyl (C=O) groups is 2. The zero-order valence-electron chi connectivity index (χ0n) is 13.8. The molecule has 0 fully saturated rings. The molecule has 0 spiro atoms. The average molecular weight is 385 g/mol. The smallest absolute Gasteiger partial charge is 0.307 e. The van der Waals surface area contributed by atoms with Gasteiger partial charge in [-0.3, -0.25) is 14.4 Å². The van der Waals surface area contributed by atoms with Crippen LogP contribution in [0.3, 0.4) is 0 Å². The molecule has 0 aliphatic heterocycles. The number of rotatable bonds is 7. The Kier molecular flexibility index (Phi) is 8.33. The van der Waals surface area contributed by atoms with Crippen molar-refractivity contribution in [2.24, 2.45) is 5.73 Å². The van der Waals surface area contributed by atoms with Gasteiger partial charge in [-0.1, -0.05) is 23.5 Å². The molecule has 1 aromatic carbocycles. The number of aryl methyl sites for hydroxylation is 1. The summed E-state index contributed by atoms with van der Waals surface area (Å²) in [4.78, 5) is 35.8. The molecule has 0 bridgehead atoms. The number of nitrogens with one attached hydrogen (secondary N) is 2. The number of nitrogens with two attached hydrogens (primary N) is 1. The summed E-state index contributed by atoms with van der Waals surface area (Å²) in [5, 5.41) is 7.16. The molecule has 0 atom stereocenters. The molecule has 0 radical (unpaired) electrons. The highest BCUT2D eigenvalue weighted by Gasteiger charge is 2.13. The quantitative estimate of drug-likeness (QED) is 0.670. The molecule has 0 aliphatic rings. The molecular weight excluding hydrogens is 364 g/mol. The number of nitrogens with zero attached hydrogens (tertiary/aromatic N) is 1. The van der Waals surface area contributed by atoms with Crippen LogP contribution in [0.25, 0.3) is 0 Å². The first-order valence-electron chi connectivity index (χ1n) is 7.55. The first kappa shape index (κ1) is 20.9. The van der Waals surface area contributed by atoms with Gasteiger partial charge in [-0.2, -0.15) is 0 Å². The van der Waals surface area contributed by atoms with Crippen LogP contribution in [0, 0.1) is 6.92 Å². The van der Waals surface area contributed by atoms with Gasteiger partial charge in [0.2, 0.25) is 5.91 Å². The minimum Gasteiger partial charge on any atom is -0.351 e. The lowest BCUT2D eigenvalue weighted by molar-refractivity contribution is -0.116. The maximum atomic E-state index is 12.1. The number of amides is 2. The van der Waals surface area contributed by atoms with E-state index in [0.717, 1.165) is 17.0 Å². The number of carbonyl (C=O) groups excluding carboxylic acids is 2. The van der Waals surface area contributed by atoms with Crippen molar-refractivity contribution in [2.75, 3.05) is 18.4 Å². The Hall–Kier alpha value is -2.16. The highest BCUT2D eigenvalue weighted by Crippen LogP contribution is 2.15. The normalized spacial score (nSPS) is 10.0. The number of hydrogen-bond donors (Lipinski definition) is 3. The van der Waals surface area contributed by atoms with E-state index < -0.39 is 0 Å². The van der Waals surface area contributed by atoms with Crippen molar-refractivity contribution in [1.82, 2.24) is 9.88 Å². The molecule has 2 rings (SSSR count). The van der Waals surface area contributed by atoms with E-state index in [9.17, 15) is 14.4 Å². The Labute approximate surface area is 155 Å². The van der Waals surface area contributed by atoms with Crippen LogP contribution in [0.4, 0.5) is 5.69 Å². The van der Waals surface area contributed by atoms with E-state index in [1.165, 1.54) is 0 Å². The van der Waals surface area contributed by atoms with Gasteiger partial charge in [0, 0.05) is 37.1 Å². The third-order valence-corrected chi connectivity index (χ3v) is 4.30. The molecule has 25 heavy (non-hydrogen) atoms. The predicted octanol–water partition coefficient (Wildman–Crippen LogP) is 1.36. The zero-order valence-corrected chi connectivity index (χ0v) is 15.4. The molecule has 0 saturated heterocycles. The molecule has 0 aliphatic carbocycles. The van der Waals surface area contributed by atoms with Gasteiger partial charge >= 0.3 is 4.87 Å². The van der Waals surface area contributed by atoms with E-state index in [-0.39, 0.29) is 35.5 Å². The lowest BCUT2D eigenvalue weighted by atomic mass is 10.1. The van der Waals surface area contributed by atoms with E-state index in [1.54, 1.807) is 34.2 Å². The number of anilines is 1. The summed E-state index contributed by atoms with van der Waals surface area (Å²) in [6.45, 7) is 2.84. The number of halogens is 1. The predicted molar refractivity (Wildman–Crippen MR) is 102 cm³/mol. The highest BCUT2D eigenvalue weighted by molar-refractivity contribution is 7.07. The van der Waals surface area contributed by atoms with Crippen LogP contribution in [0.1, 0.15) is 22.5 Å². The van der Waals surface area contributed by atoms with E-state index in [1.807, 2.05) is 6.92 Å². The molecule has 1 heterocycles. The summed E-state index contributed by atoms with van der Waals surface area (Å²) < 4.78 is 1.56. The largest absolute Gasteiger partial charge is 0.351 e. The van der Waals surface area contributed by atoms with Crippen molar-refractivity contribution in [1.29, 1.82) is 0 Å². The Morgan fingerprint density at radius 1 is 1.28 bits per heavy atom.